The summed E-state index contributed by atoms with van der Waals surface area (Å²) >= 11 is 0. The molecule has 4 amide bonds. The molecule has 1 aliphatic heterocycles. The number of aliphatic hydroxyl groups excluding tert-OH is 1. The van der Waals surface area contributed by atoms with Crippen molar-refractivity contribution in [2.45, 2.75) is 38.7 Å². The summed E-state index contributed by atoms with van der Waals surface area (Å²) in [5.41, 5.74) is 1.24. The van der Waals surface area contributed by atoms with Gasteiger partial charge in [-0.1, -0.05) is 0 Å². The molecule has 5 N–H and O–H groups in total. The molecule has 0 spiro atoms. The zero-order valence-corrected chi connectivity index (χ0v) is 17.9. The fraction of sp³-hybridized carbons (Fsp3) is 0.524. The van der Waals surface area contributed by atoms with E-state index in [2.05, 4.69) is 21.3 Å². The van der Waals surface area contributed by atoms with E-state index in [9.17, 15) is 24.3 Å². The summed E-state index contributed by atoms with van der Waals surface area (Å²) in [6.07, 6.45) is -0.505. The lowest BCUT2D eigenvalue weighted by Gasteiger charge is -2.16. The summed E-state index contributed by atoms with van der Waals surface area (Å²) in [7, 11) is 1.40. The van der Waals surface area contributed by atoms with Crippen LogP contribution in [0, 0.1) is 6.92 Å². The third-order valence-corrected chi connectivity index (χ3v) is 4.69. The summed E-state index contributed by atoms with van der Waals surface area (Å²) in [5, 5.41) is 20.7. The summed E-state index contributed by atoms with van der Waals surface area (Å²) in [5.74, 6) is -1.31. The highest BCUT2D eigenvalue weighted by molar-refractivity contribution is 6.04. The molecule has 1 aliphatic rings. The minimum absolute atomic E-state index is 0.181. The third-order valence-electron chi connectivity index (χ3n) is 4.69. The number of hydrogen-bond donors (Lipinski definition) is 5. The first-order chi connectivity index (χ1) is 14.8. The molecular formula is C21H30N4O6. The number of aliphatic hydroxyl groups is 1. The van der Waals surface area contributed by atoms with Gasteiger partial charge in [-0.05, 0) is 37.5 Å². The van der Waals surface area contributed by atoms with Crippen LogP contribution < -0.4 is 26.0 Å². The average molecular weight is 434 g/mol. The molecular weight excluding hydrogens is 404 g/mol. The van der Waals surface area contributed by atoms with Gasteiger partial charge in [0, 0.05) is 26.2 Å². The van der Waals surface area contributed by atoms with Crippen molar-refractivity contribution >= 4 is 23.6 Å². The van der Waals surface area contributed by atoms with Crippen molar-refractivity contribution in [3.8, 4) is 5.75 Å². The van der Waals surface area contributed by atoms with Crippen molar-refractivity contribution < 1.29 is 29.0 Å². The van der Waals surface area contributed by atoms with Crippen LogP contribution in [0.4, 0.5) is 0 Å². The Bertz CT molecular complexity index is 765. The van der Waals surface area contributed by atoms with Crippen molar-refractivity contribution in [3.63, 3.8) is 0 Å². The topological polar surface area (TPSA) is 146 Å². The van der Waals surface area contributed by atoms with E-state index in [-0.39, 0.29) is 53.3 Å². The minimum Gasteiger partial charge on any atom is -0.495 e. The number of aryl methyl sites for hydroxylation is 1. The first-order valence-electron chi connectivity index (χ1n) is 10.3. The van der Waals surface area contributed by atoms with Gasteiger partial charge in [-0.15, -0.1) is 0 Å². The zero-order chi connectivity index (χ0) is 22.8. The Morgan fingerprint density at radius 1 is 0.806 bits per heavy atom. The van der Waals surface area contributed by atoms with Crippen LogP contribution in [0.1, 0.15) is 52.0 Å². The summed E-state index contributed by atoms with van der Waals surface area (Å²) < 4.78 is 5.36. The van der Waals surface area contributed by atoms with Gasteiger partial charge in [-0.25, -0.2) is 0 Å². The van der Waals surface area contributed by atoms with Crippen LogP contribution in [0.15, 0.2) is 12.1 Å². The van der Waals surface area contributed by atoms with Crippen LogP contribution in [-0.4, -0.2) is 68.1 Å². The number of methoxy groups -OCH3 is 1. The lowest BCUT2D eigenvalue weighted by atomic mass is 10.0. The van der Waals surface area contributed by atoms with E-state index in [4.69, 9.17) is 4.74 Å². The van der Waals surface area contributed by atoms with Crippen LogP contribution >= 0.6 is 0 Å². The fourth-order valence-corrected chi connectivity index (χ4v) is 3.20. The predicted octanol–water partition coefficient (Wildman–Crippen LogP) is -0.369. The second kappa shape index (κ2) is 11.9. The van der Waals surface area contributed by atoms with Gasteiger partial charge in [-0.2, -0.15) is 0 Å². The third kappa shape index (κ3) is 7.56. The second-order valence-electron chi connectivity index (χ2n) is 7.37. The van der Waals surface area contributed by atoms with Crippen LogP contribution in [-0.2, 0) is 9.59 Å². The maximum absolute atomic E-state index is 12.6. The molecule has 31 heavy (non-hydrogen) atoms. The van der Waals surface area contributed by atoms with Gasteiger partial charge in [0.25, 0.3) is 11.8 Å². The highest BCUT2D eigenvalue weighted by Crippen LogP contribution is 2.26. The maximum atomic E-state index is 12.6. The molecule has 2 rings (SSSR count). The van der Waals surface area contributed by atoms with Gasteiger partial charge < -0.3 is 31.1 Å². The number of rotatable bonds is 1. The largest absolute Gasteiger partial charge is 0.495 e. The molecule has 0 atom stereocenters. The molecule has 0 fully saturated rings. The lowest BCUT2D eigenvalue weighted by molar-refractivity contribution is -0.125. The number of nitrogens with one attached hydrogen (secondary N) is 4. The molecule has 10 heteroatoms. The van der Waals surface area contributed by atoms with Crippen molar-refractivity contribution in [1.82, 2.24) is 21.3 Å². The van der Waals surface area contributed by atoms with E-state index < -0.39 is 6.10 Å². The highest BCUT2D eigenvalue weighted by atomic mass is 16.5. The number of amides is 4. The van der Waals surface area contributed by atoms with Gasteiger partial charge in [0.15, 0.2) is 0 Å². The SMILES string of the molecule is COc1c2cc(C)cc1C(=O)NCCCNC(=O)CC(O)CC(=O)NCCCNC2=O. The van der Waals surface area contributed by atoms with E-state index in [0.29, 0.717) is 39.0 Å². The van der Waals surface area contributed by atoms with Gasteiger partial charge in [0.2, 0.25) is 11.8 Å². The Labute approximate surface area is 181 Å². The number of ether oxygens (including phenoxy) is 1. The molecule has 0 aromatic heterocycles. The quantitative estimate of drug-likeness (QED) is 0.408. The fourth-order valence-electron chi connectivity index (χ4n) is 3.20. The number of carbonyl (C=O) groups excluding carboxylic acids is 4. The molecule has 170 valence electrons. The first-order valence-corrected chi connectivity index (χ1v) is 10.3. The van der Waals surface area contributed by atoms with Crippen molar-refractivity contribution in [2.24, 2.45) is 0 Å². The van der Waals surface area contributed by atoms with E-state index in [1.165, 1.54) is 7.11 Å². The Hall–Kier alpha value is -3.14. The van der Waals surface area contributed by atoms with Crippen LogP contribution in [0.3, 0.4) is 0 Å². The molecule has 0 radical (unpaired) electrons. The summed E-state index contributed by atoms with van der Waals surface area (Å²) in [6.45, 7) is 2.98. The molecule has 0 aliphatic carbocycles. The van der Waals surface area contributed by atoms with Crippen molar-refractivity contribution in [1.29, 1.82) is 0 Å². The molecule has 1 aromatic carbocycles. The van der Waals surface area contributed by atoms with E-state index in [1.807, 2.05) is 0 Å². The molecule has 0 saturated carbocycles. The molecule has 2 bridgehead atoms. The maximum Gasteiger partial charge on any atom is 0.255 e. The number of benzene rings is 1. The molecule has 1 aromatic rings. The molecule has 10 nitrogen and oxygen atoms in total. The van der Waals surface area contributed by atoms with E-state index in [1.54, 1.807) is 19.1 Å². The Morgan fingerprint density at radius 2 is 1.23 bits per heavy atom. The molecule has 0 saturated heterocycles. The van der Waals surface area contributed by atoms with Gasteiger partial charge in [0.1, 0.15) is 5.75 Å². The Balaban J connectivity index is 2.16. The van der Waals surface area contributed by atoms with Gasteiger partial charge >= 0.3 is 0 Å². The van der Waals surface area contributed by atoms with E-state index >= 15 is 0 Å². The normalized spacial score (nSPS) is 18.3. The highest BCUT2D eigenvalue weighted by Gasteiger charge is 2.21. The van der Waals surface area contributed by atoms with Crippen LogP contribution in [0.25, 0.3) is 0 Å². The standard InChI is InChI=1S/C21H30N4O6/c1-13-9-15-19(31-2)16(10-13)21(30)25-8-4-6-23-18(28)12-14(26)11-17(27)22-5-3-7-24-20(15)29/h9-10,14,26H,3-8,11-12H2,1-2H3,(H,22,27)(H,23,28)(H,24,29)(H,25,30). The molecule has 0 unspecified atom stereocenters. The predicted molar refractivity (Wildman–Crippen MR) is 113 cm³/mol. The smallest absolute Gasteiger partial charge is 0.255 e. The molecule has 1 heterocycles. The zero-order valence-electron chi connectivity index (χ0n) is 17.9. The number of hydrogen-bond acceptors (Lipinski definition) is 6. The van der Waals surface area contributed by atoms with Crippen LogP contribution in [0.5, 0.6) is 5.75 Å². The average Bonchev–Trinajstić information content (AvgIpc) is 2.71. The lowest BCUT2D eigenvalue weighted by Crippen LogP contribution is -2.35. The van der Waals surface area contributed by atoms with Crippen LogP contribution in [0.2, 0.25) is 0 Å². The number of fused-ring (bicyclic) bond motifs is 2. The minimum atomic E-state index is -1.08. The summed E-state index contributed by atoms with van der Waals surface area (Å²) in [6, 6.07) is 3.30. The Kier molecular flexibility index (Phi) is 9.26. The van der Waals surface area contributed by atoms with E-state index in [0.717, 1.165) is 5.56 Å². The monoisotopic (exact) mass is 434 g/mol. The summed E-state index contributed by atoms with van der Waals surface area (Å²) in [4.78, 5) is 49.0. The van der Waals surface area contributed by atoms with Crippen molar-refractivity contribution in [3.05, 3.63) is 28.8 Å². The van der Waals surface area contributed by atoms with Gasteiger partial charge in [0.05, 0.1) is 37.2 Å². The Morgan fingerprint density at radius 3 is 1.65 bits per heavy atom. The second-order valence-corrected chi connectivity index (χ2v) is 7.37. The van der Waals surface area contributed by atoms with Crippen molar-refractivity contribution in [2.75, 3.05) is 33.3 Å². The van der Waals surface area contributed by atoms with Gasteiger partial charge in [-0.3, -0.25) is 19.2 Å². The number of carbonyl (C=O) groups is 4. The first kappa shape index (κ1) is 24.1.